The highest BCUT2D eigenvalue weighted by Gasteiger charge is 2.14. The standard InChI is InChI=1S/C19H16N4O2/c1-11-8-15-16(9-12(11)2)21-19(25)17(20-15)14-10-23(22-18(14)24)13-6-4-3-5-7-13/h3-10H,1-2H3,(H,21,25)(H,22,24). The molecule has 4 rings (SSSR count). The summed E-state index contributed by atoms with van der Waals surface area (Å²) in [6, 6.07) is 13.2. The van der Waals surface area contributed by atoms with Gasteiger partial charge in [-0.15, -0.1) is 0 Å². The van der Waals surface area contributed by atoms with Crippen LogP contribution in [-0.4, -0.2) is 19.7 Å². The van der Waals surface area contributed by atoms with Gasteiger partial charge in [-0.3, -0.25) is 19.4 Å². The van der Waals surface area contributed by atoms with Gasteiger partial charge in [0, 0.05) is 6.20 Å². The quantitative estimate of drug-likeness (QED) is 0.592. The number of para-hydroxylation sites is 1. The molecule has 0 unspecified atom stereocenters. The molecule has 0 spiro atoms. The molecule has 0 saturated carbocycles. The summed E-state index contributed by atoms with van der Waals surface area (Å²) in [6.45, 7) is 3.96. The van der Waals surface area contributed by atoms with Crippen LogP contribution < -0.4 is 11.1 Å². The van der Waals surface area contributed by atoms with E-state index in [4.69, 9.17) is 0 Å². The lowest BCUT2D eigenvalue weighted by atomic mass is 10.1. The molecule has 0 bridgehead atoms. The number of aromatic amines is 2. The van der Waals surface area contributed by atoms with Gasteiger partial charge >= 0.3 is 0 Å². The van der Waals surface area contributed by atoms with Crippen LogP contribution >= 0.6 is 0 Å². The number of hydrogen-bond donors (Lipinski definition) is 2. The lowest BCUT2D eigenvalue weighted by Crippen LogP contribution is -2.15. The third-order valence-electron chi connectivity index (χ3n) is 4.32. The Morgan fingerprint density at radius 1 is 0.960 bits per heavy atom. The summed E-state index contributed by atoms with van der Waals surface area (Å²) < 4.78 is 1.59. The lowest BCUT2D eigenvalue weighted by Gasteiger charge is -2.04. The van der Waals surface area contributed by atoms with Gasteiger partial charge in [-0.2, -0.15) is 0 Å². The van der Waals surface area contributed by atoms with Crippen molar-refractivity contribution in [3.8, 4) is 16.9 Å². The predicted molar refractivity (Wildman–Crippen MR) is 97.2 cm³/mol. The van der Waals surface area contributed by atoms with Gasteiger partial charge in [0.05, 0.1) is 22.3 Å². The van der Waals surface area contributed by atoms with Gasteiger partial charge in [-0.25, -0.2) is 4.98 Å². The van der Waals surface area contributed by atoms with E-state index in [0.29, 0.717) is 11.0 Å². The number of rotatable bonds is 2. The van der Waals surface area contributed by atoms with Crippen LogP contribution in [0.1, 0.15) is 11.1 Å². The number of hydrogen-bond acceptors (Lipinski definition) is 3. The molecule has 0 aliphatic carbocycles. The maximum absolute atomic E-state index is 12.4. The van der Waals surface area contributed by atoms with Crippen LogP contribution in [-0.2, 0) is 0 Å². The van der Waals surface area contributed by atoms with E-state index in [2.05, 4.69) is 15.1 Å². The first-order chi connectivity index (χ1) is 12.0. The molecule has 6 nitrogen and oxygen atoms in total. The van der Waals surface area contributed by atoms with Crippen LogP contribution in [0.25, 0.3) is 28.0 Å². The summed E-state index contributed by atoms with van der Waals surface area (Å²) in [5, 5.41) is 2.72. The molecule has 2 N–H and O–H groups in total. The zero-order chi connectivity index (χ0) is 17.6. The zero-order valence-electron chi connectivity index (χ0n) is 13.8. The van der Waals surface area contributed by atoms with Crippen molar-refractivity contribution in [2.75, 3.05) is 0 Å². The Balaban J connectivity index is 1.92. The van der Waals surface area contributed by atoms with Crippen LogP contribution in [0.2, 0.25) is 0 Å². The van der Waals surface area contributed by atoms with Gasteiger partial charge in [0.25, 0.3) is 11.1 Å². The number of benzene rings is 2. The molecular weight excluding hydrogens is 316 g/mol. The minimum absolute atomic E-state index is 0.117. The molecule has 2 aromatic heterocycles. The third-order valence-corrected chi connectivity index (χ3v) is 4.32. The molecule has 25 heavy (non-hydrogen) atoms. The van der Waals surface area contributed by atoms with Crippen molar-refractivity contribution in [1.82, 2.24) is 19.7 Å². The van der Waals surface area contributed by atoms with Crippen molar-refractivity contribution in [2.24, 2.45) is 0 Å². The SMILES string of the molecule is Cc1cc2nc(-c3cn(-c4ccccc4)[nH]c3=O)c(=O)[nH]c2cc1C. The van der Waals surface area contributed by atoms with Crippen LogP contribution in [0.15, 0.2) is 58.3 Å². The maximum atomic E-state index is 12.4. The first-order valence-corrected chi connectivity index (χ1v) is 7.91. The second-order valence-electron chi connectivity index (χ2n) is 6.06. The second-order valence-corrected chi connectivity index (χ2v) is 6.06. The van der Waals surface area contributed by atoms with Crippen LogP contribution in [0.5, 0.6) is 0 Å². The molecule has 0 fully saturated rings. The number of H-pyrrole nitrogens is 2. The monoisotopic (exact) mass is 332 g/mol. The van der Waals surface area contributed by atoms with Gasteiger partial charge in [-0.1, -0.05) is 18.2 Å². The minimum Gasteiger partial charge on any atom is -0.319 e. The molecule has 2 heterocycles. The van der Waals surface area contributed by atoms with E-state index in [0.717, 1.165) is 16.8 Å². The fourth-order valence-corrected chi connectivity index (χ4v) is 2.81. The van der Waals surface area contributed by atoms with E-state index < -0.39 is 0 Å². The highest BCUT2D eigenvalue weighted by atomic mass is 16.1. The Morgan fingerprint density at radius 3 is 2.44 bits per heavy atom. The van der Waals surface area contributed by atoms with E-state index in [-0.39, 0.29) is 22.4 Å². The number of fused-ring (bicyclic) bond motifs is 1. The molecule has 0 radical (unpaired) electrons. The molecule has 6 heteroatoms. The fraction of sp³-hybridized carbons (Fsp3) is 0.105. The van der Waals surface area contributed by atoms with Gasteiger partial charge < -0.3 is 4.98 Å². The Kier molecular flexibility index (Phi) is 3.39. The van der Waals surface area contributed by atoms with Crippen LogP contribution in [0, 0.1) is 13.8 Å². The molecule has 0 aliphatic heterocycles. The van der Waals surface area contributed by atoms with Gasteiger partial charge in [-0.05, 0) is 49.2 Å². The Hall–Kier alpha value is -3.41. The maximum Gasteiger partial charge on any atom is 0.275 e. The molecule has 0 atom stereocenters. The second kappa shape index (κ2) is 5.59. The minimum atomic E-state index is -0.382. The summed E-state index contributed by atoms with van der Waals surface area (Å²) in [7, 11) is 0. The topological polar surface area (TPSA) is 83.5 Å². The summed E-state index contributed by atoms with van der Waals surface area (Å²) in [4.78, 5) is 32.1. The van der Waals surface area contributed by atoms with Crippen LogP contribution in [0.4, 0.5) is 0 Å². The lowest BCUT2D eigenvalue weighted by molar-refractivity contribution is 0.864. The van der Waals surface area contributed by atoms with Gasteiger partial charge in [0.1, 0.15) is 5.69 Å². The Bertz CT molecular complexity index is 1200. The van der Waals surface area contributed by atoms with E-state index in [1.54, 1.807) is 10.9 Å². The number of nitrogens with zero attached hydrogens (tertiary/aromatic N) is 2. The van der Waals surface area contributed by atoms with Crippen molar-refractivity contribution in [3.63, 3.8) is 0 Å². The molecule has 4 aromatic rings. The van der Waals surface area contributed by atoms with Crippen LogP contribution in [0.3, 0.4) is 0 Å². The van der Waals surface area contributed by atoms with E-state index in [1.807, 2.05) is 56.3 Å². The van der Waals surface area contributed by atoms with E-state index >= 15 is 0 Å². The molecule has 2 aromatic carbocycles. The first-order valence-electron chi connectivity index (χ1n) is 7.91. The molecule has 124 valence electrons. The van der Waals surface area contributed by atoms with E-state index in [9.17, 15) is 9.59 Å². The predicted octanol–water partition coefficient (Wildman–Crippen LogP) is 2.69. The van der Waals surface area contributed by atoms with Gasteiger partial charge in [0.15, 0.2) is 0 Å². The highest BCUT2D eigenvalue weighted by Crippen LogP contribution is 2.18. The average molecular weight is 332 g/mol. The van der Waals surface area contributed by atoms with Gasteiger partial charge in [0.2, 0.25) is 0 Å². The summed E-state index contributed by atoms with van der Waals surface area (Å²) in [6.07, 6.45) is 1.60. The molecule has 0 amide bonds. The number of aryl methyl sites for hydroxylation is 2. The number of nitrogens with one attached hydrogen (secondary N) is 2. The van der Waals surface area contributed by atoms with Crippen molar-refractivity contribution in [3.05, 3.63) is 80.5 Å². The smallest absolute Gasteiger partial charge is 0.275 e. The largest absolute Gasteiger partial charge is 0.319 e. The molecule has 0 saturated heterocycles. The normalized spacial score (nSPS) is 11.1. The third kappa shape index (κ3) is 2.57. The molecular formula is C19H16N4O2. The Labute approximate surface area is 142 Å². The zero-order valence-corrected chi connectivity index (χ0v) is 13.8. The van der Waals surface area contributed by atoms with E-state index in [1.165, 1.54) is 0 Å². The summed E-state index contributed by atoms with van der Waals surface area (Å²) >= 11 is 0. The molecule has 0 aliphatic rings. The van der Waals surface area contributed by atoms with Crippen molar-refractivity contribution < 1.29 is 0 Å². The highest BCUT2D eigenvalue weighted by molar-refractivity contribution is 5.78. The van der Waals surface area contributed by atoms with Crippen molar-refractivity contribution in [1.29, 1.82) is 0 Å². The van der Waals surface area contributed by atoms with Crippen molar-refractivity contribution >= 4 is 11.0 Å². The average Bonchev–Trinajstić information content (AvgIpc) is 2.98. The fourth-order valence-electron chi connectivity index (χ4n) is 2.81. The van der Waals surface area contributed by atoms with Crippen molar-refractivity contribution in [2.45, 2.75) is 13.8 Å². The number of aromatic nitrogens is 4. The first kappa shape index (κ1) is 15.1. The summed E-state index contributed by atoms with van der Waals surface area (Å²) in [5.41, 5.74) is 3.89. The Morgan fingerprint density at radius 2 is 1.68 bits per heavy atom. The summed E-state index contributed by atoms with van der Waals surface area (Å²) in [5.74, 6) is 0.